The SMILES string of the molecule is CC(COc1cccc(B2OC(C)(C)C(C)(C)O2)c1)N(C)C.C[C@H](COc1cccc(N)c1)N(C)C. The van der Waals surface area contributed by atoms with Crippen LogP contribution in [0.2, 0.25) is 0 Å². The molecule has 200 valence electrons. The standard InChI is InChI=1S/C17H28BNO3.C11H18N2O/c1-13(19(6)7)12-20-15-10-8-9-14(11-15)18-21-16(2,3)17(4,5)22-18;1-9(13(2)3)8-14-11-6-4-5-10(12)7-11/h8-11,13H,12H2,1-7H3;4-7,9H,8,12H2,1-3H3/t;9-/m.1/s1. The molecule has 2 atom stereocenters. The van der Waals surface area contributed by atoms with Gasteiger partial charge in [0, 0.05) is 23.8 Å². The van der Waals surface area contributed by atoms with E-state index in [1.165, 1.54) is 0 Å². The number of hydrogen-bond donors (Lipinski definition) is 1. The van der Waals surface area contributed by atoms with Gasteiger partial charge in [-0.3, -0.25) is 0 Å². The monoisotopic (exact) mass is 499 g/mol. The van der Waals surface area contributed by atoms with Crippen LogP contribution < -0.4 is 20.7 Å². The van der Waals surface area contributed by atoms with Crippen molar-refractivity contribution in [3.05, 3.63) is 48.5 Å². The Kier molecular flexibility index (Phi) is 10.7. The number of hydrogen-bond acceptors (Lipinski definition) is 7. The van der Waals surface area contributed by atoms with Gasteiger partial charge in [0.05, 0.1) is 11.2 Å². The topological polar surface area (TPSA) is 69.4 Å². The normalized spacial score (nSPS) is 17.9. The zero-order valence-electron chi connectivity index (χ0n) is 23.9. The summed E-state index contributed by atoms with van der Waals surface area (Å²) in [5.74, 6) is 1.68. The first kappa shape index (κ1) is 30.0. The van der Waals surface area contributed by atoms with Gasteiger partial charge in [-0.05, 0) is 99.5 Å². The summed E-state index contributed by atoms with van der Waals surface area (Å²) in [5, 5.41) is 0. The fourth-order valence-corrected chi connectivity index (χ4v) is 3.07. The maximum absolute atomic E-state index is 6.08. The number of likely N-dealkylation sites (N-methyl/N-ethyl adjacent to an activating group) is 2. The molecule has 0 aromatic heterocycles. The fourth-order valence-electron chi connectivity index (χ4n) is 3.07. The van der Waals surface area contributed by atoms with Crippen LogP contribution >= 0.6 is 0 Å². The third-order valence-corrected chi connectivity index (χ3v) is 6.99. The van der Waals surface area contributed by atoms with Crippen LogP contribution in [0.25, 0.3) is 0 Å². The van der Waals surface area contributed by atoms with Gasteiger partial charge < -0.3 is 34.3 Å². The summed E-state index contributed by atoms with van der Waals surface area (Å²) in [5.41, 5.74) is 6.71. The summed E-state index contributed by atoms with van der Waals surface area (Å²) < 4.78 is 23.6. The number of anilines is 1. The second kappa shape index (κ2) is 12.8. The van der Waals surface area contributed by atoms with Crippen molar-refractivity contribution >= 4 is 18.3 Å². The van der Waals surface area contributed by atoms with Crippen molar-refractivity contribution in [3.8, 4) is 11.5 Å². The lowest BCUT2D eigenvalue weighted by Crippen LogP contribution is -2.41. The molecule has 8 heteroatoms. The van der Waals surface area contributed by atoms with Crippen LogP contribution in [0.1, 0.15) is 41.5 Å². The van der Waals surface area contributed by atoms with Gasteiger partial charge in [0.25, 0.3) is 0 Å². The Morgan fingerprint density at radius 1 is 0.778 bits per heavy atom. The first-order valence-electron chi connectivity index (χ1n) is 12.6. The summed E-state index contributed by atoms with van der Waals surface area (Å²) in [4.78, 5) is 4.25. The zero-order valence-corrected chi connectivity index (χ0v) is 23.9. The summed E-state index contributed by atoms with van der Waals surface area (Å²) >= 11 is 0. The molecule has 7 nitrogen and oxygen atoms in total. The Bertz CT molecular complexity index is 936. The van der Waals surface area contributed by atoms with Crippen molar-refractivity contribution in [2.24, 2.45) is 0 Å². The number of nitrogens with zero attached hydrogens (tertiary/aromatic N) is 2. The number of ether oxygens (including phenoxy) is 2. The average molecular weight is 500 g/mol. The van der Waals surface area contributed by atoms with Gasteiger partial charge in [0.2, 0.25) is 0 Å². The first-order chi connectivity index (χ1) is 16.7. The minimum Gasteiger partial charge on any atom is -0.492 e. The first-order valence-corrected chi connectivity index (χ1v) is 12.6. The molecule has 3 rings (SSSR count). The lowest BCUT2D eigenvalue weighted by atomic mass is 9.79. The van der Waals surface area contributed by atoms with E-state index in [4.69, 9.17) is 24.5 Å². The summed E-state index contributed by atoms with van der Waals surface area (Å²) in [6, 6.07) is 16.2. The van der Waals surface area contributed by atoms with Gasteiger partial charge in [-0.1, -0.05) is 18.2 Å². The predicted octanol–water partition coefficient (Wildman–Crippen LogP) is 3.91. The van der Waals surface area contributed by atoms with Crippen molar-refractivity contribution in [2.45, 2.75) is 64.8 Å². The van der Waals surface area contributed by atoms with Crippen LogP contribution in [0.5, 0.6) is 11.5 Å². The van der Waals surface area contributed by atoms with Gasteiger partial charge in [-0.25, -0.2) is 0 Å². The van der Waals surface area contributed by atoms with E-state index in [0.717, 1.165) is 22.6 Å². The maximum atomic E-state index is 6.08. The second-order valence-corrected chi connectivity index (χ2v) is 11.0. The molecule has 2 aromatic rings. The van der Waals surface area contributed by atoms with E-state index in [1.807, 2.05) is 62.6 Å². The van der Waals surface area contributed by atoms with Crippen molar-refractivity contribution in [2.75, 3.05) is 47.1 Å². The van der Waals surface area contributed by atoms with Crippen molar-refractivity contribution in [1.29, 1.82) is 0 Å². The van der Waals surface area contributed by atoms with Gasteiger partial charge in [-0.2, -0.15) is 0 Å². The Balaban J connectivity index is 0.000000281. The highest BCUT2D eigenvalue weighted by Gasteiger charge is 2.51. The number of rotatable bonds is 9. The van der Waals surface area contributed by atoms with Crippen LogP contribution in [0.3, 0.4) is 0 Å². The van der Waals surface area contributed by atoms with E-state index >= 15 is 0 Å². The van der Waals surface area contributed by atoms with Crippen molar-refractivity contribution < 1.29 is 18.8 Å². The van der Waals surface area contributed by atoms with E-state index in [0.29, 0.717) is 25.3 Å². The molecule has 0 bridgehead atoms. The molecular weight excluding hydrogens is 453 g/mol. The third-order valence-electron chi connectivity index (χ3n) is 6.99. The van der Waals surface area contributed by atoms with Crippen molar-refractivity contribution in [1.82, 2.24) is 9.80 Å². The van der Waals surface area contributed by atoms with Crippen LogP contribution in [0.15, 0.2) is 48.5 Å². The highest BCUT2D eigenvalue weighted by Crippen LogP contribution is 2.36. The van der Waals surface area contributed by atoms with E-state index < -0.39 is 0 Å². The van der Waals surface area contributed by atoms with Crippen LogP contribution in [-0.2, 0) is 9.31 Å². The predicted molar refractivity (Wildman–Crippen MR) is 150 cm³/mol. The smallest absolute Gasteiger partial charge is 0.492 e. The number of nitrogens with two attached hydrogens (primary N) is 1. The van der Waals surface area contributed by atoms with Gasteiger partial charge in [-0.15, -0.1) is 0 Å². The Labute approximate surface area is 219 Å². The maximum Gasteiger partial charge on any atom is 0.494 e. The minimum atomic E-state index is -0.347. The molecule has 0 aliphatic carbocycles. The van der Waals surface area contributed by atoms with Crippen LogP contribution in [-0.4, -0.2) is 81.6 Å². The molecular formula is C28H46BN3O4. The summed E-state index contributed by atoms with van der Waals surface area (Å²) in [6.45, 7) is 13.8. The van der Waals surface area contributed by atoms with Gasteiger partial charge in [0.15, 0.2) is 0 Å². The minimum absolute atomic E-state index is 0.325. The number of nitrogen functional groups attached to an aromatic ring is 1. The molecule has 0 amide bonds. The van der Waals surface area contributed by atoms with Crippen LogP contribution in [0, 0.1) is 0 Å². The molecule has 1 fully saturated rings. The molecule has 0 radical (unpaired) electrons. The van der Waals surface area contributed by atoms with Crippen LogP contribution in [0.4, 0.5) is 5.69 Å². The molecule has 36 heavy (non-hydrogen) atoms. The molecule has 0 spiro atoms. The van der Waals surface area contributed by atoms with E-state index in [2.05, 4.69) is 65.4 Å². The molecule has 2 N–H and O–H groups in total. The number of benzene rings is 2. The summed E-state index contributed by atoms with van der Waals surface area (Å²) in [6.07, 6.45) is 0. The highest BCUT2D eigenvalue weighted by atomic mass is 16.7. The van der Waals surface area contributed by atoms with E-state index in [-0.39, 0.29) is 18.3 Å². The largest absolute Gasteiger partial charge is 0.494 e. The molecule has 0 saturated carbocycles. The molecule has 1 saturated heterocycles. The fraction of sp³-hybridized carbons (Fsp3) is 0.571. The van der Waals surface area contributed by atoms with Crippen molar-refractivity contribution in [3.63, 3.8) is 0 Å². The van der Waals surface area contributed by atoms with Gasteiger partial charge in [0.1, 0.15) is 24.7 Å². The van der Waals surface area contributed by atoms with E-state index in [9.17, 15) is 0 Å². The summed E-state index contributed by atoms with van der Waals surface area (Å²) in [7, 11) is 7.82. The highest BCUT2D eigenvalue weighted by molar-refractivity contribution is 6.62. The molecule has 1 heterocycles. The third kappa shape index (κ3) is 8.70. The Hall–Kier alpha value is -2.26. The second-order valence-electron chi connectivity index (χ2n) is 11.0. The average Bonchev–Trinajstić information content (AvgIpc) is 3.03. The quantitative estimate of drug-likeness (QED) is 0.415. The Morgan fingerprint density at radius 2 is 1.22 bits per heavy atom. The molecule has 1 aliphatic heterocycles. The van der Waals surface area contributed by atoms with E-state index in [1.54, 1.807) is 0 Å². The Morgan fingerprint density at radius 3 is 1.67 bits per heavy atom. The molecule has 1 aliphatic rings. The zero-order chi connectivity index (χ0) is 27.1. The lowest BCUT2D eigenvalue weighted by molar-refractivity contribution is 0.00578. The molecule has 1 unspecified atom stereocenters. The van der Waals surface area contributed by atoms with Gasteiger partial charge >= 0.3 is 7.12 Å². The lowest BCUT2D eigenvalue weighted by Gasteiger charge is -2.32. The molecule has 2 aromatic carbocycles.